The van der Waals surface area contributed by atoms with Crippen LogP contribution in [0.1, 0.15) is 28.6 Å². The number of amides is 1. The summed E-state index contributed by atoms with van der Waals surface area (Å²) in [5.74, 6) is -1.77. The summed E-state index contributed by atoms with van der Waals surface area (Å²) in [4.78, 5) is 26.5. The number of aliphatic hydroxyl groups excluding tert-OH is 5. The minimum Gasteiger partial charge on any atom is -0.452 e. The highest BCUT2D eigenvalue weighted by molar-refractivity contribution is 7.49. The molecule has 20 nitrogen and oxygen atoms in total. The van der Waals surface area contributed by atoms with E-state index in [0.717, 1.165) is 0 Å². The second-order valence-electron chi connectivity index (χ2n) is 12.2. The Balaban J connectivity index is 1.35. The van der Waals surface area contributed by atoms with Gasteiger partial charge < -0.3 is 73.4 Å². The molecule has 0 saturated carbocycles. The third kappa shape index (κ3) is 9.23. The van der Waals surface area contributed by atoms with Gasteiger partial charge in [0, 0.05) is 26.2 Å². The minimum atomic E-state index is -4.09. The van der Waals surface area contributed by atoms with Gasteiger partial charge in [0.05, 0.1) is 33.0 Å². The van der Waals surface area contributed by atoms with Crippen molar-refractivity contribution >= 4 is 19.7 Å². The van der Waals surface area contributed by atoms with Crippen LogP contribution in [-0.4, -0.2) is 171 Å². The van der Waals surface area contributed by atoms with Gasteiger partial charge in [-0.25, -0.2) is 9.36 Å². The number of hydrogen-bond acceptors (Lipinski definition) is 19. The van der Waals surface area contributed by atoms with Crippen LogP contribution in [0.2, 0.25) is 0 Å². The lowest BCUT2D eigenvalue weighted by molar-refractivity contribution is -0.354. The molecule has 21 heteroatoms. The van der Waals surface area contributed by atoms with Gasteiger partial charge in [0.2, 0.25) is 0 Å². The second kappa shape index (κ2) is 17.6. The van der Waals surface area contributed by atoms with Crippen molar-refractivity contribution in [1.29, 1.82) is 0 Å². The fourth-order valence-corrected chi connectivity index (χ4v) is 6.91. The first-order valence-corrected chi connectivity index (χ1v) is 17.7. The molecule has 1 aromatic rings. The zero-order valence-electron chi connectivity index (χ0n) is 28.2. The summed E-state index contributed by atoms with van der Waals surface area (Å²) in [6.07, 6.45) is -14.6. The normalized spacial score (nSPS) is 34.8. The van der Waals surface area contributed by atoms with Crippen molar-refractivity contribution in [2.75, 3.05) is 67.3 Å². The predicted molar refractivity (Wildman–Crippen MR) is 167 cm³/mol. The number of phosphoric ester groups is 1. The Morgan fingerprint density at radius 3 is 2.29 bits per heavy atom. The summed E-state index contributed by atoms with van der Waals surface area (Å²) in [6.45, 7) is -1.16. The van der Waals surface area contributed by atoms with Crippen molar-refractivity contribution in [2.45, 2.75) is 74.1 Å². The fraction of sp³-hybridized carbons (Fsp3) is 0.733. The smallest absolute Gasteiger partial charge is 0.452 e. The third-order valence-electron chi connectivity index (χ3n) is 8.42. The highest BCUT2D eigenvalue weighted by atomic mass is 31.2. The maximum absolute atomic E-state index is 13.2. The Morgan fingerprint density at radius 2 is 1.63 bits per heavy atom. The van der Waals surface area contributed by atoms with Gasteiger partial charge in [-0.1, -0.05) is 6.07 Å². The van der Waals surface area contributed by atoms with E-state index in [2.05, 4.69) is 5.32 Å². The molecule has 11 atom stereocenters. The van der Waals surface area contributed by atoms with Gasteiger partial charge in [0.25, 0.3) is 5.91 Å². The zero-order valence-corrected chi connectivity index (χ0v) is 29.1. The SMILES string of the molecule is CNCCO[C@@H]1OC(CO)[C@H](O)C(O[C@@H]2OC(CO)[C@@H]3OC(c4ccc(OP5(=O)OCCCO5)c(C(=O)OCC(=O)N(C)C)c4)OC3[C@H]2O)[C@H]1O. The summed E-state index contributed by atoms with van der Waals surface area (Å²) in [5, 5.41) is 56.0. The van der Waals surface area contributed by atoms with Crippen molar-refractivity contribution in [3.05, 3.63) is 29.3 Å². The number of phosphoric acid groups is 1. The van der Waals surface area contributed by atoms with Crippen LogP contribution in [0.25, 0.3) is 0 Å². The number of nitrogens with one attached hydrogen (secondary N) is 1. The number of rotatable bonds is 14. The van der Waals surface area contributed by atoms with E-state index in [1.165, 1.54) is 37.2 Å². The molecule has 288 valence electrons. The molecule has 4 fully saturated rings. The van der Waals surface area contributed by atoms with Crippen LogP contribution in [0, 0.1) is 0 Å². The largest absolute Gasteiger partial charge is 0.530 e. The molecule has 6 N–H and O–H groups in total. The molecule has 0 spiro atoms. The number of likely N-dealkylation sites (N-methyl/N-ethyl adjacent to an activating group) is 2. The molecule has 0 aliphatic carbocycles. The van der Waals surface area contributed by atoms with Crippen molar-refractivity contribution in [2.24, 2.45) is 0 Å². The van der Waals surface area contributed by atoms with Crippen LogP contribution in [-0.2, 0) is 51.6 Å². The highest BCUT2D eigenvalue weighted by Gasteiger charge is 2.55. The number of carbonyl (C=O) groups excluding carboxylic acids is 2. The van der Waals surface area contributed by atoms with Gasteiger partial charge in [-0.2, -0.15) is 0 Å². The number of ether oxygens (including phenoxy) is 7. The summed E-state index contributed by atoms with van der Waals surface area (Å²) >= 11 is 0. The van der Waals surface area contributed by atoms with E-state index in [9.17, 15) is 39.7 Å². The van der Waals surface area contributed by atoms with E-state index >= 15 is 0 Å². The highest BCUT2D eigenvalue weighted by Crippen LogP contribution is 2.52. The maximum Gasteiger partial charge on any atom is 0.530 e. The van der Waals surface area contributed by atoms with Crippen molar-refractivity contribution < 1.29 is 86.4 Å². The van der Waals surface area contributed by atoms with Crippen molar-refractivity contribution in [3.8, 4) is 5.75 Å². The number of esters is 1. The second-order valence-corrected chi connectivity index (χ2v) is 13.8. The van der Waals surface area contributed by atoms with E-state index < -0.39 is 107 Å². The minimum absolute atomic E-state index is 0.0969. The summed E-state index contributed by atoms with van der Waals surface area (Å²) < 4.78 is 68.9. The van der Waals surface area contributed by atoms with E-state index in [-0.39, 0.29) is 36.7 Å². The number of carbonyl (C=O) groups is 2. The van der Waals surface area contributed by atoms with Crippen molar-refractivity contribution in [3.63, 3.8) is 0 Å². The van der Waals surface area contributed by atoms with Gasteiger partial charge in [-0.15, -0.1) is 0 Å². The van der Waals surface area contributed by atoms with Gasteiger partial charge in [-0.05, 0) is 25.6 Å². The van der Waals surface area contributed by atoms with Gasteiger partial charge >= 0.3 is 13.8 Å². The van der Waals surface area contributed by atoms with E-state index in [1.54, 1.807) is 7.05 Å². The van der Waals surface area contributed by atoms with Gasteiger partial charge in [0.1, 0.15) is 60.1 Å². The van der Waals surface area contributed by atoms with Gasteiger partial charge in [-0.3, -0.25) is 13.8 Å². The molecule has 0 aromatic heterocycles. The molecule has 1 aromatic carbocycles. The monoisotopic (exact) mass is 752 g/mol. The lowest BCUT2D eigenvalue weighted by Gasteiger charge is -2.45. The van der Waals surface area contributed by atoms with E-state index in [0.29, 0.717) is 13.0 Å². The first-order chi connectivity index (χ1) is 24.4. The Morgan fingerprint density at radius 1 is 0.941 bits per heavy atom. The molecule has 0 radical (unpaired) electrons. The van der Waals surface area contributed by atoms with E-state index in [1.807, 2.05) is 0 Å². The number of fused-ring (bicyclic) bond motifs is 1. The van der Waals surface area contributed by atoms with Crippen LogP contribution >= 0.6 is 7.82 Å². The van der Waals surface area contributed by atoms with Crippen LogP contribution in [0.15, 0.2) is 18.2 Å². The van der Waals surface area contributed by atoms with Gasteiger partial charge in [0.15, 0.2) is 25.5 Å². The molecule has 5 rings (SSSR count). The van der Waals surface area contributed by atoms with Crippen LogP contribution in [0.3, 0.4) is 0 Å². The van der Waals surface area contributed by atoms with E-state index in [4.69, 9.17) is 46.7 Å². The Labute approximate surface area is 292 Å². The number of aliphatic hydroxyl groups is 5. The molecule has 0 bridgehead atoms. The zero-order chi connectivity index (χ0) is 36.9. The topological polar surface area (TPSA) is 260 Å². The van der Waals surface area contributed by atoms with Crippen molar-refractivity contribution in [1.82, 2.24) is 10.2 Å². The molecule has 4 aliphatic heterocycles. The molecule has 4 heterocycles. The quantitative estimate of drug-likeness (QED) is 0.0668. The molecule has 51 heavy (non-hydrogen) atoms. The molecule has 1 amide bonds. The average Bonchev–Trinajstić information content (AvgIpc) is 3.57. The van der Waals surface area contributed by atoms with Crippen LogP contribution < -0.4 is 9.84 Å². The molecular weight excluding hydrogens is 707 g/mol. The maximum atomic E-state index is 13.2. The Kier molecular flexibility index (Phi) is 13.8. The van der Waals surface area contributed by atoms with Crippen LogP contribution in [0.4, 0.5) is 0 Å². The number of benzene rings is 1. The fourth-order valence-electron chi connectivity index (χ4n) is 5.62. The number of nitrogens with zero attached hydrogens (tertiary/aromatic N) is 1. The molecule has 4 saturated heterocycles. The predicted octanol–water partition coefficient (Wildman–Crippen LogP) is -2.22. The Hall–Kier alpha value is -2.37. The molecular formula is C30H45N2O18P. The lowest BCUT2D eigenvalue weighted by Crippen LogP contribution is -2.64. The molecule has 5 unspecified atom stereocenters. The molecule has 4 aliphatic rings. The summed E-state index contributed by atoms with van der Waals surface area (Å²) in [6, 6.07) is 3.95. The first-order valence-electron chi connectivity index (χ1n) is 16.3. The lowest BCUT2D eigenvalue weighted by atomic mass is 9.97. The Bertz CT molecular complexity index is 1380. The average molecular weight is 753 g/mol. The standard InChI is InChI=1S/C30H45N2O18P/c1-31-7-10-41-29-22(37)25(21(36)18(12-33)45-29)48-30-23(38)26-24(19(13-34)46-30)47-28(49-26)15-5-6-17(50-51(40)43-8-4-9-44-51)16(11-15)27(39)42-14-20(35)32(2)3/h5-6,11,18-19,21-26,28-31,33-34,36-38H,4,7-10,12-14H2,1-3H3/t18?,19?,21-,22+,23+,24-,25?,26?,28?,29+,30-/m0/s1. The summed E-state index contributed by atoms with van der Waals surface area (Å²) in [5.41, 5.74) is -0.0892. The summed E-state index contributed by atoms with van der Waals surface area (Å²) in [7, 11) is 0.563. The third-order valence-corrected chi connectivity index (χ3v) is 9.84. The number of hydrogen-bond donors (Lipinski definition) is 6. The first kappa shape index (κ1) is 39.8. The van der Waals surface area contributed by atoms with Crippen LogP contribution in [0.5, 0.6) is 5.75 Å².